The molecule has 0 bridgehead atoms. The maximum atomic E-state index is 12.7. The molecule has 0 fully saturated rings. The number of quaternary nitrogens is 1. The Morgan fingerprint density at radius 2 is 0.981 bits per heavy atom. The summed E-state index contributed by atoms with van der Waals surface area (Å²) >= 11 is 0. The quantitative estimate of drug-likeness (QED) is 0.0202. The molecule has 0 aromatic heterocycles. The van der Waals surface area contributed by atoms with E-state index < -0.39 is 24.3 Å². The lowest BCUT2D eigenvalue weighted by Gasteiger charge is -2.26. The molecule has 2 atom stereocenters. The standard InChI is InChI=1S/C43H81NO8/c1-6-8-10-12-14-16-18-20-21-22-24-25-27-29-31-33-40(45)50-37-39(38-51-43(42(47)48)49-36-35-44(3,4)5)52-41(46)34-32-30-28-26-23-19-17-15-13-11-9-7-2/h15,17,39,43H,6-14,16,18-38H2,1-5H3/b17-15-. The van der Waals surface area contributed by atoms with E-state index in [4.69, 9.17) is 18.9 Å². The molecule has 9 heteroatoms. The van der Waals surface area contributed by atoms with Crippen LogP contribution in [0.5, 0.6) is 0 Å². The molecule has 0 aliphatic carbocycles. The zero-order valence-electron chi connectivity index (χ0n) is 34.4. The monoisotopic (exact) mass is 740 g/mol. The third kappa shape index (κ3) is 36.4. The molecule has 0 aliphatic heterocycles. The van der Waals surface area contributed by atoms with Crippen LogP contribution in [-0.4, -0.2) is 82.3 Å². The number of aliphatic carboxylic acids is 1. The average Bonchev–Trinajstić information content (AvgIpc) is 3.09. The van der Waals surface area contributed by atoms with Crippen LogP contribution >= 0.6 is 0 Å². The Morgan fingerprint density at radius 3 is 1.46 bits per heavy atom. The summed E-state index contributed by atoms with van der Waals surface area (Å²) in [6, 6.07) is 0. The van der Waals surface area contributed by atoms with Crippen molar-refractivity contribution in [2.75, 3.05) is 47.5 Å². The lowest BCUT2D eigenvalue weighted by atomic mass is 10.0. The molecule has 0 spiro atoms. The molecule has 0 saturated carbocycles. The molecule has 0 heterocycles. The third-order valence-corrected chi connectivity index (χ3v) is 9.26. The predicted molar refractivity (Wildman–Crippen MR) is 210 cm³/mol. The summed E-state index contributed by atoms with van der Waals surface area (Å²) in [6.07, 6.45) is 32.4. The molecular weight excluding hydrogens is 658 g/mol. The lowest BCUT2D eigenvalue weighted by Crippen LogP contribution is -2.44. The topological polar surface area (TPSA) is 111 Å². The number of carboxylic acid groups (broad SMARTS) is 1. The highest BCUT2D eigenvalue weighted by Crippen LogP contribution is 2.15. The molecule has 0 rings (SSSR count). The van der Waals surface area contributed by atoms with E-state index in [0.29, 0.717) is 23.9 Å². The second-order valence-corrected chi connectivity index (χ2v) is 15.6. The minimum Gasteiger partial charge on any atom is -0.545 e. The maximum absolute atomic E-state index is 12.7. The van der Waals surface area contributed by atoms with Crippen LogP contribution < -0.4 is 5.11 Å². The Hall–Kier alpha value is -1.97. The average molecular weight is 740 g/mol. The van der Waals surface area contributed by atoms with Crippen LogP contribution in [0.3, 0.4) is 0 Å². The fourth-order valence-electron chi connectivity index (χ4n) is 5.88. The number of nitrogens with zero attached hydrogens (tertiary/aromatic N) is 1. The predicted octanol–water partition coefficient (Wildman–Crippen LogP) is 9.39. The zero-order chi connectivity index (χ0) is 38.5. The van der Waals surface area contributed by atoms with Gasteiger partial charge in [-0.25, -0.2) is 0 Å². The fourth-order valence-corrected chi connectivity index (χ4v) is 5.88. The number of carbonyl (C=O) groups excluding carboxylic acids is 3. The smallest absolute Gasteiger partial charge is 0.306 e. The third-order valence-electron chi connectivity index (χ3n) is 9.26. The summed E-state index contributed by atoms with van der Waals surface area (Å²) < 4.78 is 22.5. The fraction of sp³-hybridized carbons (Fsp3) is 0.884. The van der Waals surface area contributed by atoms with Gasteiger partial charge in [-0.1, -0.05) is 148 Å². The van der Waals surface area contributed by atoms with Gasteiger partial charge in [0.2, 0.25) is 0 Å². The molecule has 0 N–H and O–H groups in total. The number of esters is 2. The van der Waals surface area contributed by atoms with Gasteiger partial charge in [0.15, 0.2) is 12.4 Å². The van der Waals surface area contributed by atoms with Crippen molar-refractivity contribution in [3.63, 3.8) is 0 Å². The summed E-state index contributed by atoms with van der Waals surface area (Å²) in [5.41, 5.74) is 0. The van der Waals surface area contributed by atoms with E-state index in [-0.39, 0.29) is 32.2 Å². The Bertz CT molecular complexity index is 872. The maximum Gasteiger partial charge on any atom is 0.306 e. The number of allylic oxidation sites excluding steroid dienone is 2. The highest BCUT2D eigenvalue weighted by molar-refractivity contribution is 5.70. The molecule has 2 unspecified atom stereocenters. The number of carbonyl (C=O) groups is 3. The van der Waals surface area contributed by atoms with Crippen LogP contribution in [0.1, 0.15) is 187 Å². The summed E-state index contributed by atoms with van der Waals surface area (Å²) in [5, 5.41) is 11.7. The molecule has 0 saturated heterocycles. The van der Waals surface area contributed by atoms with Crippen molar-refractivity contribution in [3.8, 4) is 0 Å². The molecule has 0 amide bonds. The van der Waals surface area contributed by atoms with Crippen LogP contribution in [-0.2, 0) is 33.3 Å². The van der Waals surface area contributed by atoms with E-state index in [1.54, 1.807) is 0 Å². The molecule has 0 aromatic carbocycles. The first-order valence-electron chi connectivity index (χ1n) is 21.3. The first-order valence-corrected chi connectivity index (χ1v) is 21.3. The van der Waals surface area contributed by atoms with E-state index >= 15 is 0 Å². The van der Waals surface area contributed by atoms with Crippen LogP contribution in [0, 0.1) is 0 Å². The highest BCUT2D eigenvalue weighted by atomic mass is 16.7. The van der Waals surface area contributed by atoms with Gasteiger partial charge in [0, 0.05) is 12.8 Å². The molecule has 306 valence electrons. The number of carboxylic acids is 1. The molecule has 0 radical (unpaired) electrons. The molecular formula is C43H81NO8. The van der Waals surface area contributed by atoms with Crippen molar-refractivity contribution in [1.82, 2.24) is 0 Å². The van der Waals surface area contributed by atoms with Gasteiger partial charge in [0.1, 0.15) is 13.2 Å². The Balaban J connectivity index is 4.45. The second kappa shape index (κ2) is 36.0. The Morgan fingerprint density at radius 1 is 0.558 bits per heavy atom. The van der Waals surface area contributed by atoms with Crippen molar-refractivity contribution in [2.45, 2.75) is 200 Å². The number of hydrogen-bond acceptors (Lipinski definition) is 8. The Kier molecular flexibility index (Phi) is 34.7. The Labute approximate surface area is 319 Å². The van der Waals surface area contributed by atoms with Gasteiger partial charge in [-0.3, -0.25) is 9.59 Å². The molecule has 9 nitrogen and oxygen atoms in total. The summed E-state index contributed by atoms with van der Waals surface area (Å²) in [4.78, 5) is 36.8. The van der Waals surface area contributed by atoms with Gasteiger partial charge in [0.05, 0.1) is 40.3 Å². The van der Waals surface area contributed by atoms with E-state index in [2.05, 4.69) is 26.0 Å². The first-order chi connectivity index (χ1) is 25.1. The number of rotatable bonds is 39. The van der Waals surface area contributed by atoms with E-state index in [9.17, 15) is 19.5 Å². The van der Waals surface area contributed by atoms with Gasteiger partial charge in [-0.2, -0.15) is 0 Å². The van der Waals surface area contributed by atoms with Gasteiger partial charge in [-0.05, 0) is 38.5 Å². The van der Waals surface area contributed by atoms with Gasteiger partial charge in [-0.15, -0.1) is 0 Å². The number of hydrogen-bond donors (Lipinski definition) is 0. The summed E-state index contributed by atoms with van der Waals surface area (Å²) in [6.45, 7) is 4.71. The minimum absolute atomic E-state index is 0.149. The second-order valence-electron chi connectivity index (χ2n) is 15.6. The summed E-state index contributed by atoms with van der Waals surface area (Å²) in [7, 11) is 5.90. The SMILES string of the molecule is CCCCC/C=C\CCCCCCCC(=O)OC(COC(=O)CCCCCCCCCCCCCCCCC)COC(OCC[N+](C)(C)C)C(=O)[O-]. The largest absolute Gasteiger partial charge is 0.545 e. The van der Waals surface area contributed by atoms with Gasteiger partial charge >= 0.3 is 11.9 Å². The highest BCUT2D eigenvalue weighted by Gasteiger charge is 2.21. The van der Waals surface area contributed by atoms with Crippen LogP contribution in [0.2, 0.25) is 0 Å². The molecule has 52 heavy (non-hydrogen) atoms. The van der Waals surface area contributed by atoms with Gasteiger partial charge in [0.25, 0.3) is 0 Å². The van der Waals surface area contributed by atoms with Crippen LogP contribution in [0.25, 0.3) is 0 Å². The number of unbranched alkanes of at least 4 members (excludes halogenated alkanes) is 22. The zero-order valence-corrected chi connectivity index (χ0v) is 34.4. The van der Waals surface area contributed by atoms with E-state index in [1.807, 2.05) is 21.1 Å². The molecule has 0 aromatic rings. The number of ether oxygens (including phenoxy) is 4. The first kappa shape index (κ1) is 50.0. The van der Waals surface area contributed by atoms with Crippen molar-refractivity contribution in [2.24, 2.45) is 0 Å². The van der Waals surface area contributed by atoms with Crippen molar-refractivity contribution in [3.05, 3.63) is 12.2 Å². The van der Waals surface area contributed by atoms with E-state index in [0.717, 1.165) is 57.8 Å². The molecule has 0 aliphatic rings. The van der Waals surface area contributed by atoms with Crippen molar-refractivity contribution >= 4 is 17.9 Å². The van der Waals surface area contributed by atoms with Crippen LogP contribution in [0.4, 0.5) is 0 Å². The van der Waals surface area contributed by atoms with E-state index in [1.165, 1.54) is 96.3 Å². The number of likely N-dealkylation sites (N-methyl/N-ethyl adjacent to an activating group) is 1. The minimum atomic E-state index is -1.62. The van der Waals surface area contributed by atoms with Crippen molar-refractivity contribution in [1.29, 1.82) is 0 Å². The van der Waals surface area contributed by atoms with Crippen molar-refractivity contribution < 1.29 is 42.9 Å². The normalized spacial score (nSPS) is 13.0. The lowest BCUT2D eigenvalue weighted by molar-refractivity contribution is -0.870. The van der Waals surface area contributed by atoms with Gasteiger partial charge < -0.3 is 33.3 Å². The van der Waals surface area contributed by atoms with Crippen LogP contribution in [0.15, 0.2) is 12.2 Å². The summed E-state index contributed by atoms with van der Waals surface area (Å²) in [5.74, 6) is -2.29.